The SMILES string of the molecule is COc1ccc(C2(N=C=O)CCCC2)c(OC)c1Cl. The topological polar surface area (TPSA) is 47.9 Å². The summed E-state index contributed by atoms with van der Waals surface area (Å²) in [7, 11) is 3.10. The summed E-state index contributed by atoms with van der Waals surface area (Å²) in [6.45, 7) is 0. The molecular formula is C14H16ClNO3. The normalized spacial score (nSPS) is 16.8. The lowest BCUT2D eigenvalue weighted by Gasteiger charge is -2.26. The number of aliphatic imine (C=N–C) groups is 1. The number of benzene rings is 1. The van der Waals surface area contributed by atoms with E-state index in [0.717, 1.165) is 31.2 Å². The van der Waals surface area contributed by atoms with E-state index in [-0.39, 0.29) is 0 Å². The van der Waals surface area contributed by atoms with Crippen LogP contribution in [0.15, 0.2) is 17.1 Å². The van der Waals surface area contributed by atoms with E-state index in [0.29, 0.717) is 16.5 Å². The summed E-state index contributed by atoms with van der Waals surface area (Å²) in [5.41, 5.74) is 0.282. The lowest BCUT2D eigenvalue weighted by atomic mass is 9.88. The van der Waals surface area contributed by atoms with Gasteiger partial charge in [0.25, 0.3) is 0 Å². The largest absolute Gasteiger partial charge is 0.495 e. The molecule has 19 heavy (non-hydrogen) atoms. The van der Waals surface area contributed by atoms with Crippen molar-refractivity contribution in [1.29, 1.82) is 0 Å². The fourth-order valence-corrected chi connectivity index (χ4v) is 3.07. The number of rotatable bonds is 4. The molecule has 0 atom stereocenters. The smallest absolute Gasteiger partial charge is 0.235 e. The van der Waals surface area contributed by atoms with Crippen LogP contribution in [0.25, 0.3) is 0 Å². The van der Waals surface area contributed by atoms with Crippen LogP contribution in [0.1, 0.15) is 31.2 Å². The van der Waals surface area contributed by atoms with Gasteiger partial charge in [-0.05, 0) is 25.0 Å². The highest BCUT2D eigenvalue weighted by Crippen LogP contribution is 2.49. The molecule has 0 saturated heterocycles. The van der Waals surface area contributed by atoms with E-state index in [1.165, 1.54) is 0 Å². The highest BCUT2D eigenvalue weighted by Gasteiger charge is 2.39. The van der Waals surface area contributed by atoms with Gasteiger partial charge < -0.3 is 9.47 Å². The summed E-state index contributed by atoms with van der Waals surface area (Å²) in [6, 6.07) is 3.65. The van der Waals surface area contributed by atoms with Crippen molar-refractivity contribution >= 4 is 17.7 Å². The van der Waals surface area contributed by atoms with Crippen molar-refractivity contribution in [2.45, 2.75) is 31.2 Å². The second-order valence-electron chi connectivity index (χ2n) is 4.60. The van der Waals surface area contributed by atoms with Gasteiger partial charge in [0, 0.05) is 5.56 Å². The Bertz CT molecular complexity index is 518. The molecule has 1 aromatic rings. The number of hydrogen-bond donors (Lipinski definition) is 0. The van der Waals surface area contributed by atoms with Crippen molar-refractivity contribution in [3.8, 4) is 11.5 Å². The van der Waals surface area contributed by atoms with Gasteiger partial charge in [-0.25, -0.2) is 4.79 Å². The lowest BCUT2D eigenvalue weighted by molar-refractivity contribution is 0.370. The summed E-state index contributed by atoms with van der Waals surface area (Å²) in [4.78, 5) is 14.8. The molecule has 0 heterocycles. The average molecular weight is 282 g/mol. The maximum absolute atomic E-state index is 10.8. The van der Waals surface area contributed by atoms with E-state index in [1.807, 2.05) is 6.07 Å². The van der Waals surface area contributed by atoms with Crippen LogP contribution in [-0.4, -0.2) is 20.3 Å². The fourth-order valence-electron chi connectivity index (χ4n) is 2.75. The molecule has 0 spiro atoms. The first kappa shape index (κ1) is 13.9. The van der Waals surface area contributed by atoms with Crippen molar-refractivity contribution in [3.63, 3.8) is 0 Å². The summed E-state index contributed by atoms with van der Waals surface area (Å²) >= 11 is 6.26. The third kappa shape index (κ3) is 2.34. The van der Waals surface area contributed by atoms with Crippen LogP contribution in [0, 0.1) is 0 Å². The number of isocyanates is 1. The van der Waals surface area contributed by atoms with Gasteiger partial charge in [-0.3, -0.25) is 0 Å². The van der Waals surface area contributed by atoms with Crippen molar-refractivity contribution < 1.29 is 14.3 Å². The molecule has 1 aliphatic rings. The second kappa shape index (κ2) is 5.64. The molecule has 0 amide bonds. The predicted molar refractivity (Wildman–Crippen MR) is 72.8 cm³/mol. The van der Waals surface area contributed by atoms with E-state index in [1.54, 1.807) is 26.4 Å². The molecule has 0 aliphatic heterocycles. The number of carbonyl (C=O) groups excluding carboxylic acids is 1. The zero-order valence-corrected chi connectivity index (χ0v) is 11.8. The van der Waals surface area contributed by atoms with E-state index >= 15 is 0 Å². The van der Waals surface area contributed by atoms with Crippen LogP contribution in [0.4, 0.5) is 0 Å². The third-order valence-corrected chi connectivity index (χ3v) is 4.04. The van der Waals surface area contributed by atoms with Crippen LogP contribution in [-0.2, 0) is 10.3 Å². The van der Waals surface area contributed by atoms with Gasteiger partial charge in [0.2, 0.25) is 6.08 Å². The first-order valence-electron chi connectivity index (χ1n) is 6.18. The first-order chi connectivity index (χ1) is 9.18. The number of ether oxygens (including phenoxy) is 2. The minimum Gasteiger partial charge on any atom is -0.495 e. The van der Waals surface area contributed by atoms with Crippen molar-refractivity contribution in [2.75, 3.05) is 14.2 Å². The van der Waals surface area contributed by atoms with E-state index in [4.69, 9.17) is 21.1 Å². The first-order valence-corrected chi connectivity index (χ1v) is 6.56. The fraction of sp³-hybridized carbons (Fsp3) is 0.500. The van der Waals surface area contributed by atoms with Gasteiger partial charge >= 0.3 is 0 Å². The molecule has 0 unspecified atom stereocenters. The molecule has 1 aromatic carbocycles. The molecule has 2 rings (SSSR count). The Labute approximate surface area is 117 Å². The Morgan fingerprint density at radius 2 is 1.95 bits per heavy atom. The summed E-state index contributed by atoms with van der Waals surface area (Å²) < 4.78 is 10.6. The van der Waals surface area contributed by atoms with Crippen LogP contribution >= 0.6 is 11.6 Å². The Balaban J connectivity index is 2.60. The van der Waals surface area contributed by atoms with Gasteiger partial charge in [-0.1, -0.05) is 24.4 Å². The van der Waals surface area contributed by atoms with E-state index in [9.17, 15) is 4.79 Å². The maximum atomic E-state index is 10.8. The monoisotopic (exact) mass is 281 g/mol. The molecule has 0 bridgehead atoms. The summed E-state index contributed by atoms with van der Waals surface area (Å²) in [5, 5.41) is 0.412. The minimum atomic E-state index is -0.553. The second-order valence-corrected chi connectivity index (χ2v) is 4.98. The van der Waals surface area contributed by atoms with Crippen molar-refractivity contribution in [2.24, 2.45) is 4.99 Å². The standard InChI is InChI=1S/C14H16ClNO3/c1-18-11-6-5-10(13(19-2)12(11)15)14(16-9-17)7-3-4-8-14/h5-6H,3-4,7-8H2,1-2H3. The molecule has 0 aromatic heterocycles. The Morgan fingerprint density at radius 1 is 1.26 bits per heavy atom. The Kier molecular flexibility index (Phi) is 4.13. The molecule has 5 heteroatoms. The zero-order valence-electron chi connectivity index (χ0n) is 11.0. The summed E-state index contributed by atoms with van der Waals surface area (Å²) in [5.74, 6) is 1.08. The van der Waals surface area contributed by atoms with Gasteiger partial charge in [-0.15, -0.1) is 0 Å². The molecular weight excluding hydrogens is 266 g/mol. The molecule has 0 N–H and O–H groups in total. The highest BCUT2D eigenvalue weighted by molar-refractivity contribution is 6.33. The van der Waals surface area contributed by atoms with Crippen LogP contribution < -0.4 is 9.47 Å². The number of halogens is 1. The van der Waals surface area contributed by atoms with E-state index < -0.39 is 5.54 Å². The predicted octanol–water partition coefficient (Wildman–Crippen LogP) is 3.46. The van der Waals surface area contributed by atoms with Crippen molar-refractivity contribution in [1.82, 2.24) is 0 Å². The van der Waals surface area contributed by atoms with Crippen molar-refractivity contribution in [3.05, 3.63) is 22.7 Å². The van der Waals surface area contributed by atoms with Crippen LogP contribution in [0.2, 0.25) is 5.02 Å². The highest BCUT2D eigenvalue weighted by atomic mass is 35.5. The lowest BCUT2D eigenvalue weighted by Crippen LogP contribution is -2.20. The van der Waals surface area contributed by atoms with Gasteiger partial charge in [0.05, 0.1) is 14.2 Å². The maximum Gasteiger partial charge on any atom is 0.235 e. The summed E-state index contributed by atoms with van der Waals surface area (Å²) in [6.07, 6.45) is 5.36. The van der Waals surface area contributed by atoms with Crippen LogP contribution in [0.5, 0.6) is 11.5 Å². The number of nitrogens with zero attached hydrogens (tertiary/aromatic N) is 1. The molecule has 4 nitrogen and oxygen atoms in total. The van der Waals surface area contributed by atoms with E-state index in [2.05, 4.69) is 4.99 Å². The third-order valence-electron chi connectivity index (χ3n) is 3.68. The Morgan fingerprint density at radius 3 is 2.47 bits per heavy atom. The minimum absolute atomic E-state index is 0.412. The van der Waals surface area contributed by atoms with Crippen LogP contribution in [0.3, 0.4) is 0 Å². The quantitative estimate of drug-likeness (QED) is 0.627. The number of hydrogen-bond acceptors (Lipinski definition) is 4. The van der Waals surface area contributed by atoms with Gasteiger partial charge in [0.15, 0.2) is 0 Å². The van der Waals surface area contributed by atoms with Gasteiger partial charge in [-0.2, -0.15) is 4.99 Å². The molecule has 1 fully saturated rings. The molecule has 102 valence electrons. The average Bonchev–Trinajstić information content (AvgIpc) is 2.88. The molecule has 1 aliphatic carbocycles. The zero-order chi connectivity index (χ0) is 13.9. The Hall–Kier alpha value is -1.51. The van der Waals surface area contributed by atoms with Gasteiger partial charge in [0.1, 0.15) is 22.1 Å². The molecule has 1 saturated carbocycles. The number of methoxy groups -OCH3 is 2. The molecule has 0 radical (unpaired) electrons.